The Morgan fingerprint density at radius 1 is 1.21 bits per heavy atom. The lowest BCUT2D eigenvalue weighted by Gasteiger charge is -2.23. The zero-order chi connectivity index (χ0) is 20.5. The number of hydrogen-bond donors (Lipinski definition) is 2. The smallest absolute Gasteiger partial charge is 0.325 e. The number of nitrogens with zero attached hydrogens (tertiary/aromatic N) is 2. The van der Waals surface area contributed by atoms with Crippen molar-refractivity contribution in [3.63, 3.8) is 0 Å². The second-order valence-electron chi connectivity index (χ2n) is 6.31. The monoisotopic (exact) mass is 416 g/mol. The van der Waals surface area contributed by atoms with E-state index in [-0.39, 0.29) is 5.02 Å². The second kappa shape index (κ2) is 7.50. The number of urea groups is 1. The van der Waals surface area contributed by atoms with Gasteiger partial charge in [-0.15, -0.1) is 0 Å². The van der Waals surface area contributed by atoms with Crippen LogP contribution in [0.1, 0.15) is 18.1 Å². The minimum absolute atomic E-state index is 0.229. The van der Waals surface area contributed by atoms with Gasteiger partial charge >= 0.3 is 6.03 Å². The lowest BCUT2D eigenvalue weighted by molar-refractivity contribution is -0.133. The van der Waals surface area contributed by atoms with E-state index in [1.807, 2.05) is 6.07 Å². The van der Waals surface area contributed by atoms with Crippen LogP contribution in [0.4, 0.5) is 10.5 Å². The summed E-state index contributed by atoms with van der Waals surface area (Å²) < 4.78 is 0. The SMILES string of the molecule is CC1(c2ccc(Cl)cc2Cl)NC(=O)N(CC(=O)Nc2ccc(C#N)cc2)C1=O. The quantitative estimate of drug-likeness (QED) is 0.746. The summed E-state index contributed by atoms with van der Waals surface area (Å²) in [4.78, 5) is 38.3. The van der Waals surface area contributed by atoms with Crippen molar-refractivity contribution in [3.05, 3.63) is 63.6 Å². The van der Waals surface area contributed by atoms with Gasteiger partial charge in [0.05, 0.1) is 11.6 Å². The molecule has 9 heteroatoms. The largest absolute Gasteiger partial charge is 0.325 e. The summed E-state index contributed by atoms with van der Waals surface area (Å²) in [6, 6.07) is 12.1. The molecule has 0 aliphatic carbocycles. The van der Waals surface area contributed by atoms with E-state index >= 15 is 0 Å². The van der Waals surface area contributed by atoms with Gasteiger partial charge in [0.25, 0.3) is 5.91 Å². The molecule has 2 N–H and O–H groups in total. The summed E-state index contributed by atoms with van der Waals surface area (Å²) in [6.07, 6.45) is 0. The normalized spacial score (nSPS) is 18.6. The van der Waals surface area contributed by atoms with Gasteiger partial charge in [0.2, 0.25) is 5.91 Å². The van der Waals surface area contributed by atoms with E-state index in [0.29, 0.717) is 21.8 Å². The Balaban J connectivity index is 1.76. The van der Waals surface area contributed by atoms with E-state index in [0.717, 1.165) is 4.90 Å². The molecular weight excluding hydrogens is 403 g/mol. The van der Waals surface area contributed by atoms with E-state index in [1.165, 1.54) is 13.0 Å². The molecule has 2 aromatic carbocycles. The Hall–Kier alpha value is -3.08. The van der Waals surface area contributed by atoms with Gasteiger partial charge in [0.15, 0.2) is 0 Å². The number of halogens is 2. The van der Waals surface area contributed by atoms with Crippen molar-refractivity contribution in [3.8, 4) is 6.07 Å². The summed E-state index contributed by atoms with van der Waals surface area (Å²) in [7, 11) is 0. The number of carbonyl (C=O) groups is 3. The summed E-state index contributed by atoms with van der Waals surface area (Å²) in [6.45, 7) is 1.05. The van der Waals surface area contributed by atoms with Crippen LogP contribution in [0.3, 0.4) is 0 Å². The van der Waals surface area contributed by atoms with E-state index in [4.69, 9.17) is 28.5 Å². The molecule has 1 fully saturated rings. The first-order chi connectivity index (χ1) is 13.2. The zero-order valence-electron chi connectivity index (χ0n) is 14.6. The van der Waals surface area contributed by atoms with Crippen LogP contribution >= 0.6 is 23.2 Å². The molecule has 0 bridgehead atoms. The molecule has 4 amide bonds. The van der Waals surface area contributed by atoms with Crippen molar-refractivity contribution >= 4 is 46.7 Å². The van der Waals surface area contributed by atoms with E-state index < -0.39 is 29.9 Å². The van der Waals surface area contributed by atoms with Crippen LogP contribution in [-0.2, 0) is 15.1 Å². The number of hydrogen-bond acceptors (Lipinski definition) is 4. The number of amides is 4. The fourth-order valence-corrected chi connectivity index (χ4v) is 3.49. The summed E-state index contributed by atoms with van der Waals surface area (Å²) >= 11 is 12.1. The second-order valence-corrected chi connectivity index (χ2v) is 7.15. The predicted molar refractivity (Wildman–Crippen MR) is 104 cm³/mol. The maximum atomic E-state index is 12.9. The third-order valence-electron chi connectivity index (χ3n) is 4.34. The molecule has 28 heavy (non-hydrogen) atoms. The van der Waals surface area contributed by atoms with Crippen molar-refractivity contribution in [2.45, 2.75) is 12.5 Å². The van der Waals surface area contributed by atoms with Crippen molar-refractivity contribution in [1.29, 1.82) is 5.26 Å². The van der Waals surface area contributed by atoms with Gasteiger partial charge in [-0.2, -0.15) is 5.26 Å². The average Bonchev–Trinajstić information content (AvgIpc) is 2.86. The van der Waals surface area contributed by atoms with Gasteiger partial charge in [0, 0.05) is 21.3 Å². The van der Waals surface area contributed by atoms with Crippen molar-refractivity contribution in [2.24, 2.45) is 0 Å². The zero-order valence-corrected chi connectivity index (χ0v) is 16.1. The van der Waals surface area contributed by atoms with Crippen molar-refractivity contribution in [2.75, 3.05) is 11.9 Å². The lowest BCUT2D eigenvalue weighted by atomic mass is 9.92. The molecule has 1 atom stereocenters. The van der Waals surface area contributed by atoms with E-state index in [2.05, 4.69) is 10.6 Å². The van der Waals surface area contributed by atoms with Crippen molar-refractivity contribution in [1.82, 2.24) is 10.2 Å². The topological polar surface area (TPSA) is 102 Å². The molecule has 2 aromatic rings. The molecule has 3 rings (SSSR count). The summed E-state index contributed by atoms with van der Waals surface area (Å²) in [5.41, 5.74) is -0.137. The number of nitriles is 1. The molecule has 1 saturated heterocycles. The van der Waals surface area contributed by atoms with Crippen LogP contribution in [0.25, 0.3) is 0 Å². The van der Waals surface area contributed by atoms with Gasteiger partial charge in [-0.05, 0) is 43.3 Å². The van der Waals surface area contributed by atoms with Crippen molar-refractivity contribution < 1.29 is 14.4 Å². The number of benzene rings is 2. The Morgan fingerprint density at radius 2 is 1.89 bits per heavy atom. The Kier molecular flexibility index (Phi) is 5.27. The van der Waals surface area contributed by atoms with Crippen LogP contribution in [-0.4, -0.2) is 29.3 Å². The fourth-order valence-electron chi connectivity index (χ4n) is 2.89. The maximum Gasteiger partial charge on any atom is 0.325 e. The number of rotatable bonds is 4. The fraction of sp³-hybridized carbons (Fsp3) is 0.158. The summed E-state index contributed by atoms with van der Waals surface area (Å²) in [5.74, 6) is -1.16. The lowest BCUT2D eigenvalue weighted by Crippen LogP contribution is -2.42. The molecule has 7 nitrogen and oxygen atoms in total. The Labute approximate surface area is 170 Å². The third-order valence-corrected chi connectivity index (χ3v) is 4.89. The first kappa shape index (κ1) is 19.7. The number of nitrogens with one attached hydrogen (secondary N) is 2. The Morgan fingerprint density at radius 3 is 2.50 bits per heavy atom. The van der Waals surface area contributed by atoms with Crippen LogP contribution in [0.5, 0.6) is 0 Å². The minimum Gasteiger partial charge on any atom is -0.325 e. The Bertz CT molecular complexity index is 1020. The third kappa shape index (κ3) is 3.65. The average molecular weight is 417 g/mol. The van der Waals surface area contributed by atoms with Gasteiger partial charge in [0.1, 0.15) is 12.1 Å². The number of carbonyl (C=O) groups excluding carboxylic acids is 3. The molecule has 1 heterocycles. The molecule has 1 unspecified atom stereocenters. The molecule has 142 valence electrons. The van der Waals surface area contributed by atoms with Gasteiger partial charge < -0.3 is 10.6 Å². The molecule has 1 aliphatic rings. The highest BCUT2D eigenvalue weighted by atomic mass is 35.5. The van der Waals surface area contributed by atoms with Gasteiger partial charge in [-0.3, -0.25) is 14.5 Å². The van der Waals surface area contributed by atoms with E-state index in [9.17, 15) is 14.4 Å². The highest BCUT2D eigenvalue weighted by Gasteiger charge is 2.50. The number of imide groups is 1. The highest BCUT2D eigenvalue weighted by Crippen LogP contribution is 2.34. The predicted octanol–water partition coefficient (Wildman–Crippen LogP) is 3.27. The first-order valence-corrected chi connectivity index (χ1v) is 8.90. The van der Waals surface area contributed by atoms with Gasteiger partial charge in [-0.1, -0.05) is 29.3 Å². The minimum atomic E-state index is -1.41. The molecule has 0 saturated carbocycles. The summed E-state index contributed by atoms with van der Waals surface area (Å²) in [5, 5.41) is 14.6. The molecular formula is C19H14Cl2N4O3. The maximum absolute atomic E-state index is 12.9. The molecule has 0 spiro atoms. The van der Waals surface area contributed by atoms with Crippen LogP contribution in [0, 0.1) is 11.3 Å². The molecule has 1 aliphatic heterocycles. The first-order valence-electron chi connectivity index (χ1n) is 8.14. The van der Waals surface area contributed by atoms with Crippen LogP contribution < -0.4 is 10.6 Å². The van der Waals surface area contributed by atoms with Crippen LogP contribution in [0.15, 0.2) is 42.5 Å². The van der Waals surface area contributed by atoms with Crippen LogP contribution in [0.2, 0.25) is 10.0 Å². The van der Waals surface area contributed by atoms with Gasteiger partial charge in [-0.25, -0.2) is 4.79 Å². The standard InChI is InChI=1S/C19H14Cl2N4O3/c1-19(14-7-4-12(20)8-15(14)21)17(27)25(18(28)24-19)10-16(26)23-13-5-2-11(9-22)3-6-13/h2-8H,10H2,1H3,(H,23,26)(H,24,28). The molecule has 0 radical (unpaired) electrons. The molecule has 0 aromatic heterocycles. The number of anilines is 1. The highest BCUT2D eigenvalue weighted by molar-refractivity contribution is 6.35. The van der Waals surface area contributed by atoms with E-state index in [1.54, 1.807) is 36.4 Å².